The summed E-state index contributed by atoms with van der Waals surface area (Å²) in [6.07, 6.45) is 0. The maximum absolute atomic E-state index is 13.5. The lowest BCUT2D eigenvalue weighted by molar-refractivity contribution is 0.593. The van der Waals surface area contributed by atoms with Crippen molar-refractivity contribution < 1.29 is 12.8 Å². The third kappa shape index (κ3) is 2.75. The molecule has 0 saturated heterocycles. The van der Waals surface area contributed by atoms with E-state index in [1.165, 1.54) is 12.1 Å². The molecule has 106 valence electrons. The molecule has 0 aliphatic heterocycles. The van der Waals surface area contributed by atoms with E-state index in [4.69, 9.17) is 5.73 Å². The van der Waals surface area contributed by atoms with Crippen LogP contribution in [0.2, 0.25) is 0 Å². The minimum Gasteiger partial charge on any atom is -0.398 e. The Labute approximate surface area is 117 Å². The summed E-state index contributed by atoms with van der Waals surface area (Å²) in [6.45, 7) is 3.28. The molecule has 3 N–H and O–H groups in total. The number of sulfonamides is 1. The molecule has 0 saturated carbocycles. The Morgan fingerprint density at radius 2 is 1.85 bits per heavy atom. The van der Waals surface area contributed by atoms with Crippen LogP contribution in [-0.4, -0.2) is 8.42 Å². The minimum atomic E-state index is -3.84. The molecule has 6 heteroatoms. The minimum absolute atomic E-state index is 0.123. The standard InChI is InChI=1S/C14H15FN2O2S/c1-9-6-7-11(8-12(9)15)20(18,19)17-14-5-3-4-13(16)10(14)2/h3-8,17H,16H2,1-2H3. The first-order valence-electron chi connectivity index (χ1n) is 5.95. The molecule has 0 spiro atoms. The van der Waals surface area contributed by atoms with E-state index in [9.17, 15) is 12.8 Å². The predicted molar refractivity (Wildman–Crippen MR) is 77.5 cm³/mol. The van der Waals surface area contributed by atoms with Crippen molar-refractivity contribution in [3.8, 4) is 0 Å². The predicted octanol–water partition coefficient (Wildman–Crippen LogP) is 2.83. The fourth-order valence-corrected chi connectivity index (χ4v) is 2.84. The van der Waals surface area contributed by atoms with Gasteiger partial charge in [0.2, 0.25) is 0 Å². The molecule has 0 atom stereocenters. The van der Waals surface area contributed by atoms with Gasteiger partial charge in [0.25, 0.3) is 10.0 Å². The molecule has 2 aromatic rings. The Balaban J connectivity index is 2.41. The van der Waals surface area contributed by atoms with E-state index < -0.39 is 15.8 Å². The monoisotopic (exact) mass is 294 g/mol. The highest BCUT2D eigenvalue weighted by atomic mass is 32.2. The summed E-state index contributed by atoms with van der Waals surface area (Å²) in [5, 5.41) is 0. The topological polar surface area (TPSA) is 72.2 Å². The van der Waals surface area contributed by atoms with Gasteiger partial charge >= 0.3 is 0 Å². The summed E-state index contributed by atoms with van der Waals surface area (Å²) < 4.78 is 40.3. The van der Waals surface area contributed by atoms with Gasteiger partial charge in [0, 0.05) is 5.69 Å². The zero-order valence-corrected chi connectivity index (χ0v) is 12.0. The normalized spacial score (nSPS) is 11.3. The van der Waals surface area contributed by atoms with Crippen LogP contribution in [0.3, 0.4) is 0 Å². The van der Waals surface area contributed by atoms with Crippen molar-refractivity contribution in [3.05, 3.63) is 53.3 Å². The number of hydrogen-bond acceptors (Lipinski definition) is 3. The van der Waals surface area contributed by atoms with Gasteiger partial charge in [-0.05, 0) is 49.2 Å². The molecule has 0 aromatic heterocycles. The smallest absolute Gasteiger partial charge is 0.262 e. The Bertz CT molecular complexity index is 758. The third-order valence-corrected chi connectivity index (χ3v) is 4.44. The van der Waals surface area contributed by atoms with E-state index in [-0.39, 0.29) is 4.90 Å². The lowest BCUT2D eigenvalue weighted by Crippen LogP contribution is -2.14. The van der Waals surface area contributed by atoms with E-state index in [1.54, 1.807) is 32.0 Å². The molecule has 0 amide bonds. The van der Waals surface area contributed by atoms with Gasteiger partial charge < -0.3 is 5.73 Å². The van der Waals surface area contributed by atoms with E-state index in [0.717, 1.165) is 6.07 Å². The SMILES string of the molecule is Cc1ccc(S(=O)(=O)Nc2cccc(N)c2C)cc1F. The van der Waals surface area contributed by atoms with Crippen molar-refractivity contribution in [3.63, 3.8) is 0 Å². The van der Waals surface area contributed by atoms with Gasteiger partial charge in [-0.2, -0.15) is 0 Å². The average molecular weight is 294 g/mol. The van der Waals surface area contributed by atoms with Crippen LogP contribution >= 0.6 is 0 Å². The lowest BCUT2D eigenvalue weighted by atomic mass is 10.2. The van der Waals surface area contributed by atoms with Gasteiger partial charge in [-0.1, -0.05) is 12.1 Å². The van der Waals surface area contributed by atoms with E-state index in [0.29, 0.717) is 22.5 Å². The third-order valence-electron chi connectivity index (χ3n) is 3.07. The van der Waals surface area contributed by atoms with Crippen molar-refractivity contribution >= 4 is 21.4 Å². The number of aryl methyl sites for hydroxylation is 1. The van der Waals surface area contributed by atoms with Gasteiger partial charge in [-0.3, -0.25) is 4.72 Å². The highest BCUT2D eigenvalue weighted by Crippen LogP contribution is 2.24. The van der Waals surface area contributed by atoms with Gasteiger partial charge in [0.15, 0.2) is 0 Å². The van der Waals surface area contributed by atoms with Crippen LogP contribution in [0.4, 0.5) is 15.8 Å². The van der Waals surface area contributed by atoms with Gasteiger partial charge in [-0.25, -0.2) is 12.8 Å². The first kappa shape index (κ1) is 14.3. The zero-order valence-electron chi connectivity index (χ0n) is 11.1. The summed E-state index contributed by atoms with van der Waals surface area (Å²) in [6, 6.07) is 8.72. The van der Waals surface area contributed by atoms with Crippen LogP contribution in [0.25, 0.3) is 0 Å². The molecular weight excluding hydrogens is 279 g/mol. The molecule has 4 nitrogen and oxygen atoms in total. The number of anilines is 2. The molecule has 0 aliphatic carbocycles. The summed E-state index contributed by atoms with van der Waals surface area (Å²) in [5.41, 5.74) is 7.62. The van der Waals surface area contributed by atoms with Crippen molar-refractivity contribution in [2.45, 2.75) is 18.7 Å². The van der Waals surface area contributed by atoms with Crippen molar-refractivity contribution in [2.75, 3.05) is 10.5 Å². The molecule has 2 rings (SSSR count). The number of nitrogen functional groups attached to an aromatic ring is 1. The Kier molecular flexibility index (Phi) is 3.67. The quantitative estimate of drug-likeness (QED) is 0.855. The molecule has 0 fully saturated rings. The number of halogens is 1. The van der Waals surface area contributed by atoms with Crippen molar-refractivity contribution in [2.24, 2.45) is 0 Å². The largest absolute Gasteiger partial charge is 0.398 e. The summed E-state index contributed by atoms with van der Waals surface area (Å²) in [7, 11) is -3.84. The van der Waals surface area contributed by atoms with E-state index in [2.05, 4.69) is 4.72 Å². The molecule has 0 heterocycles. The highest BCUT2D eigenvalue weighted by Gasteiger charge is 2.17. The molecule has 0 bridgehead atoms. The molecule has 0 unspecified atom stereocenters. The fraction of sp³-hybridized carbons (Fsp3) is 0.143. The summed E-state index contributed by atoms with van der Waals surface area (Å²) in [5.74, 6) is -0.558. The number of nitrogens with one attached hydrogen (secondary N) is 1. The number of benzene rings is 2. The van der Waals surface area contributed by atoms with Crippen molar-refractivity contribution in [1.82, 2.24) is 0 Å². The summed E-state index contributed by atoms with van der Waals surface area (Å²) >= 11 is 0. The second-order valence-corrected chi connectivity index (χ2v) is 6.22. The van der Waals surface area contributed by atoms with Crippen LogP contribution in [0.1, 0.15) is 11.1 Å². The zero-order chi connectivity index (χ0) is 14.9. The van der Waals surface area contributed by atoms with Crippen molar-refractivity contribution in [1.29, 1.82) is 0 Å². The first-order chi connectivity index (χ1) is 9.31. The first-order valence-corrected chi connectivity index (χ1v) is 7.43. The van der Waals surface area contributed by atoms with Gasteiger partial charge in [-0.15, -0.1) is 0 Å². The van der Waals surface area contributed by atoms with Crippen LogP contribution in [0.15, 0.2) is 41.3 Å². The highest BCUT2D eigenvalue weighted by molar-refractivity contribution is 7.92. The van der Waals surface area contributed by atoms with Crippen LogP contribution in [0.5, 0.6) is 0 Å². The maximum Gasteiger partial charge on any atom is 0.262 e. The van der Waals surface area contributed by atoms with E-state index in [1.807, 2.05) is 0 Å². The second kappa shape index (κ2) is 5.13. The second-order valence-electron chi connectivity index (χ2n) is 4.54. The van der Waals surface area contributed by atoms with Crippen LogP contribution < -0.4 is 10.5 Å². The van der Waals surface area contributed by atoms with Crippen LogP contribution in [-0.2, 0) is 10.0 Å². The maximum atomic E-state index is 13.5. The average Bonchev–Trinajstić information content (AvgIpc) is 2.38. The number of rotatable bonds is 3. The Hall–Kier alpha value is -2.08. The molecule has 20 heavy (non-hydrogen) atoms. The Morgan fingerprint density at radius 1 is 1.15 bits per heavy atom. The Morgan fingerprint density at radius 3 is 2.50 bits per heavy atom. The molecular formula is C14H15FN2O2S. The van der Waals surface area contributed by atoms with E-state index >= 15 is 0 Å². The number of hydrogen-bond donors (Lipinski definition) is 2. The molecule has 0 aliphatic rings. The van der Waals surface area contributed by atoms with Gasteiger partial charge in [0.1, 0.15) is 5.82 Å². The van der Waals surface area contributed by atoms with Crippen LogP contribution in [0, 0.1) is 19.7 Å². The molecule has 0 radical (unpaired) electrons. The number of nitrogens with two attached hydrogens (primary N) is 1. The lowest BCUT2D eigenvalue weighted by Gasteiger charge is -2.12. The fourth-order valence-electron chi connectivity index (χ4n) is 1.71. The van der Waals surface area contributed by atoms with Gasteiger partial charge in [0.05, 0.1) is 10.6 Å². The molecule has 2 aromatic carbocycles. The summed E-state index contributed by atoms with van der Waals surface area (Å²) in [4.78, 5) is -0.123.